The minimum atomic E-state index is -0.179. The van der Waals surface area contributed by atoms with E-state index in [-0.39, 0.29) is 17.1 Å². The van der Waals surface area contributed by atoms with Crippen LogP contribution in [-0.4, -0.2) is 28.2 Å². The number of rotatable bonds is 3. The van der Waals surface area contributed by atoms with Gasteiger partial charge in [-0.15, -0.1) is 0 Å². The lowest BCUT2D eigenvalue weighted by atomic mass is 9.88. The predicted octanol–water partition coefficient (Wildman–Crippen LogP) is 3.35. The summed E-state index contributed by atoms with van der Waals surface area (Å²) in [4.78, 5) is 19.7. The second-order valence-corrected chi connectivity index (χ2v) is 8.80. The summed E-state index contributed by atoms with van der Waals surface area (Å²) in [5, 5.41) is 0.977. The third-order valence-corrected chi connectivity index (χ3v) is 6.37. The molecule has 3 heterocycles. The average molecular weight is 366 g/mol. The van der Waals surface area contributed by atoms with Crippen molar-refractivity contribution in [3.05, 3.63) is 34.4 Å². The van der Waals surface area contributed by atoms with Crippen LogP contribution in [0.2, 0.25) is 0 Å². The van der Waals surface area contributed by atoms with Gasteiger partial charge in [-0.1, -0.05) is 0 Å². The Bertz CT molecular complexity index is 1100. The van der Waals surface area contributed by atoms with Gasteiger partial charge in [0.1, 0.15) is 0 Å². The summed E-state index contributed by atoms with van der Waals surface area (Å²) >= 11 is 0. The first-order valence-electron chi connectivity index (χ1n) is 9.81. The molecule has 1 saturated heterocycles. The number of pyridine rings is 1. The molecule has 3 aromatic rings. The van der Waals surface area contributed by atoms with Crippen molar-refractivity contribution in [2.24, 2.45) is 11.7 Å². The van der Waals surface area contributed by atoms with E-state index < -0.39 is 0 Å². The van der Waals surface area contributed by atoms with E-state index in [9.17, 15) is 4.79 Å². The van der Waals surface area contributed by atoms with Crippen molar-refractivity contribution in [2.45, 2.75) is 51.6 Å². The van der Waals surface area contributed by atoms with Crippen LogP contribution in [-0.2, 0) is 0 Å². The minimum Gasteiger partial charge on any atom is -0.443 e. The molecule has 142 valence electrons. The molecule has 2 aromatic heterocycles. The molecule has 1 atom stereocenters. The van der Waals surface area contributed by atoms with Gasteiger partial charge in [0, 0.05) is 35.7 Å². The monoisotopic (exact) mass is 366 g/mol. The van der Waals surface area contributed by atoms with Crippen LogP contribution in [0.1, 0.15) is 44.7 Å². The second kappa shape index (κ2) is 5.58. The van der Waals surface area contributed by atoms with E-state index in [0.717, 1.165) is 48.8 Å². The Labute approximate surface area is 158 Å². The molecule has 6 nitrogen and oxygen atoms in total. The number of hydrogen-bond acceptors (Lipinski definition) is 5. The van der Waals surface area contributed by atoms with E-state index in [0.29, 0.717) is 17.0 Å². The van der Waals surface area contributed by atoms with E-state index in [1.165, 1.54) is 12.1 Å². The maximum Gasteiger partial charge on any atom is 0.281 e. The molecule has 0 amide bonds. The van der Waals surface area contributed by atoms with E-state index in [4.69, 9.17) is 10.2 Å². The van der Waals surface area contributed by atoms with Crippen molar-refractivity contribution in [1.29, 1.82) is 0 Å². The van der Waals surface area contributed by atoms with Gasteiger partial charge in [0.15, 0.2) is 17.5 Å². The molecular weight excluding hydrogens is 340 g/mol. The fraction of sp³-hybridized carbons (Fsp3) is 0.524. The Kier molecular flexibility index (Phi) is 3.47. The largest absolute Gasteiger partial charge is 0.443 e. The van der Waals surface area contributed by atoms with Crippen LogP contribution in [0.5, 0.6) is 0 Å². The number of hydrogen-bond donors (Lipinski definition) is 1. The number of nitrogens with two attached hydrogens (primary N) is 1. The number of aryl methyl sites for hydroxylation is 1. The molecule has 1 saturated carbocycles. The fourth-order valence-corrected chi connectivity index (χ4v) is 4.60. The molecule has 0 bridgehead atoms. The van der Waals surface area contributed by atoms with Crippen LogP contribution in [0.3, 0.4) is 0 Å². The maximum atomic E-state index is 13.1. The summed E-state index contributed by atoms with van der Waals surface area (Å²) in [5.74, 6) is 0.468. The van der Waals surface area contributed by atoms with Crippen molar-refractivity contribution in [3.63, 3.8) is 0 Å². The molecule has 1 aliphatic heterocycles. The van der Waals surface area contributed by atoms with Gasteiger partial charge in [0.25, 0.3) is 5.56 Å². The average Bonchev–Trinajstić information content (AvgIpc) is 3.11. The smallest absolute Gasteiger partial charge is 0.281 e. The molecule has 1 aliphatic carbocycles. The maximum absolute atomic E-state index is 13.1. The van der Waals surface area contributed by atoms with Crippen LogP contribution < -0.4 is 16.2 Å². The Hall–Kier alpha value is -2.34. The van der Waals surface area contributed by atoms with Gasteiger partial charge in [0.2, 0.25) is 0 Å². The summed E-state index contributed by atoms with van der Waals surface area (Å²) in [6, 6.07) is 4.53. The van der Waals surface area contributed by atoms with Crippen LogP contribution in [0, 0.1) is 12.8 Å². The normalized spacial score (nSPS) is 20.9. The summed E-state index contributed by atoms with van der Waals surface area (Å²) in [7, 11) is 0. The van der Waals surface area contributed by atoms with E-state index in [1.807, 2.05) is 4.57 Å². The molecule has 1 unspecified atom stereocenters. The summed E-state index contributed by atoms with van der Waals surface area (Å²) in [6.07, 6.45) is 4.57. The van der Waals surface area contributed by atoms with Gasteiger partial charge in [-0.3, -0.25) is 4.79 Å². The second-order valence-electron chi connectivity index (χ2n) is 8.80. The quantitative estimate of drug-likeness (QED) is 0.769. The summed E-state index contributed by atoms with van der Waals surface area (Å²) in [6.45, 7) is 8.29. The lowest BCUT2D eigenvalue weighted by Gasteiger charge is -2.28. The first-order chi connectivity index (χ1) is 12.9. The molecule has 2 fully saturated rings. The highest BCUT2D eigenvalue weighted by Gasteiger charge is 2.34. The van der Waals surface area contributed by atoms with E-state index >= 15 is 0 Å². The highest BCUT2D eigenvalue weighted by molar-refractivity contribution is 6.03. The zero-order valence-corrected chi connectivity index (χ0v) is 16.2. The Morgan fingerprint density at radius 1 is 1.26 bits per heavy atom. The van der Waals surface area contributed by atoms with Crippen LogP contribution in [0.25, 0.3) is 22.0 Å². The van der Waals surface area contributed by atoms with Crippen molar-refractivity contribution >= 4 is 27.7 Å². The standard InChI is InChI=1S/C21H26N4O2/c1-12-16(24-9-8-13(10-24)21(2,3)22)7-6-15-18(12)25(14-4-5-14)20(26)17-19(15)27-11-23-17/h6-7,11,13-14H,4-5,8-10,22H2,1-3H3. The molecule has 2 aliphatic rings. The zero-order chi connectivity index (χ0) is 18.9. The molecule has 6 heteroatoms. The Balaban J connectivity index is 1.71. The fourth-order valence-electron chi connectivity index (χ4n) is 4.60. The number of nitrogens with zero attached hydrogens (tertiary/aromatic N) is 3. The lowest BCUT2D eigenvalue weighted by molar-refractivity contribution is 0.348. The first kappa shape index (κ1) is 16.8. The third-order valence-electron chi connectivity index (χ3n) is 6.37. The topological polar surface area (TPSA) is 77.3 Å². The molecule has 2 N–H and O–H groups in total. The van der Waals surface area contributed by atoms with Gasteiger partial charge in [-0.2, -0.15) is 0 Å². The van der Waals surface area contributed by atoms with Crippen LogP contribution in [0.15, 0.2) is 27.7 Å². The number of fused-ring (bicyclic) bond motifs is 3. The van der Waals surface area contributed by atoms with Crippen molar-refractivity contribution in [1.82, 2.24) is 9.55 Å². The highest BCUT2D eigenvalue weighted by Crippen LogP contribution is 2.41. The number of aromatic nitrogens is 2. The predicted molar refractivity (Wildman–Crippen MR) is 107 cm³/mol. The third kappa shape index (κ3) is 2.50. The first-order valence-corrected chi connectivity index (χ1v) is 9.81. The molecule has 0 spiro atoms. The SMILES string of the molecule is Cc1c(N2CCC(C(C)(C)N)C2)ccc2c3ocnc3c(=O)n(C3CC3)c12. The van der Waals surface area contributed by atoms with Crippen molar-refractivity contribution in [2.75, 3.05) is 18.0 Å². The zero-order valence-electron chi connectivity index (χ0n) is 16.2. The van der Waals surface area contributed by atoms with E-state index in [1.54, 1.807) is 0 Å². The van der Waals surface area contributed by atoms with Crippen LogP contribution in [0.4, 0.5) is 5.69 Å². The lowest BCUT2D eigenvalue weighted by Crippen LogP contribution is -2.42. The summed E-state index contributed by atoms with van der Waals surface area (Å²) in [5.41, 5.74) is 10.5. The highest BCUT2D eigenvalue weighted by atomic mass is 16.3. The van der Waals surface area contributed by atoms with Gasteiger partial charge < -0.3 is 19.6 Å². The number of benzene rings is 1. The summed E-state index contributed by atoms with van der Waals surface area (Å²) < 4.78 is 7.55. The Morgan fingerprint density at radius 3 is 2.70 bits per heavy atom. The molecule has 0 radical (unpaired) electrons. The van der Waals surface area contributed by atoms with Crippen molar-refractivity contribution < 1.29 is 4.42 Å². The van der Waals surface area contributed by atoms with Crippen LogP contribution >= 0.6 is 0 Å². The Morgan fingerprint density at radius 2 is 2.04 bits per heavy atom. The number of anilines is 1. The molecule has 27 heavy (non-hydrogen) atoms. The molecule has 1 aromatic carbocycles. The number of oxazole rings is 1. The van der Waals surface area contributed by atoms with Gasteiger partial charge >= 0.3 is 0 Å². The van der Waals surface area contributed by atoms with Gasteiger partial charge in [0.05, 0.1) is 5.52 Å². The molecule has 5 rings (SSSR count). The van der Waals surface area contributed by atoms with E-state index in [2.05, 4.69) is 42.8 Å². The van der Waals surface area contributed by atoms with Crippen molar-refractivity contribution in [3.8, 4) is 0 Å². The van der Waals surface area contributed by atoms with Gasteiger partial charge in [-0.25, -0.2) is 4.98 Å². The minimum absolute atomic E-state index is 0.0311. The van der Waals surface area contributed by atoms with Gasteiger partial charge in [-0.05, 0) is 63.6 Å². The molecular formula is C21H26N4O2.